The van der Waals surface area contributed by atoms with E-state index < -0.39 is 0 Å². The lowest BCUT2D eigenvalue weighted by Gasteiger charge is -2.32. The van der Waals surface area contributed by atoms with Gasteiger partial charge in [-0.1, -0.05) is 36.4 Å². The maximum atomic E-state index is 12.8. The van der Waals surface area contributed by atoms with Crippen molar-refractivity contribution in [2.45, 2.75) is 32.9 Å². The lowest BCUT2D eigenvalue weighted by atomic mass is 9.97. The number of aromatic nitrogens is 2. The highest BCUT2D eigenvalue weighted by atomic mass is 16.1. The fraction of sp³-hybridized carbons (Fsp3) is 0.391. The minimum Gasteiger partial charge on any atom is -0.352 e. The molecule has 1 aliphatic rings. The third kappa shape index (κ3) is 4.09. The van der Waals surface area contributed by atoms with Crippen LogP contribution in [0.4, 0.5) is 0 Å². The van der Waals surface area contributed by atoms with Gasteiger partial charge in [-0.05, 0) is 49.1 Å². The molecule has 1 saturated heterocycles. The Balaban J connectivity index is 1.36. The molecule has 1 atom stereocenters. The lowest BCUT2D eigenvalue weighted by Crippen LogP contribution is -2.41. The summed E-state index contributed by atoms with van der Waals surface area (Å²) in [4.78, 5) is 19.8. The van der Waals surface area contributed by atoms with Crippen LogP contribution in [-0.2, 0) is 13.1 Å². The van der Waals surface area contributed by atoms with Crippen LogP contribution in [-0.4, -0.2) is 40.0 Å². The zero-order valence-electron chi connectivity index (χ0n) is 16.5. The van der Waals surface area contributed by atoms with Crippen molar-refractivity contribution in [1.29, 1.82) is 0 Å². The first-order valence-electron chi connectivity index (χ1n) is 10.2. The van der Waals surface area contributed by atoms with Crippen molar-refractivity contribution in [1.82, 2.24) is 19.8 Å². The van der Waals surface area contributed by atoms with Crippen molar-refractivity contribution >= 4 is 16.7 Å². The molecular weight excluding hydrogens is 348 g/mol. The molecule has 0 saturated carbocycles. The Hall–Kier alpha value is -2.66. The molecule has 3 aromatic rings. The molecule has 1 N–H and O–H groups in total. The number of hydrogen-bond acceptors (Lipinski definition) is 3. The minimum atomic E-state index is 0.0236. The fourth-order valence-corrected chi connectivity index (χ4v) is 4.20. The standard InChI is InChI=1S/C23H28N4O/c1-2-27-14-12-24-22(27)17-26-13-6-7-18(16-26)15-25-23(28)21-11-5-9-19-8-3-4-10-20(19)21/h3-5,8-12,14,18H,2,6-7,13,15-17H2,1H3,(H,25,28). The number of benzene rings is 2. The van der Waals surface area contributed by atoms with Gasteiger partial charge in [0.2, 0.25) is 0 Å². The maximum absolute atomic E-state index is 12.8. The SMILES string of the molecule is CCn1ccnc1CN1CCCC(CNC(=O)c2cccc3ccccc23)C1. The fourth-order valence-electron chi connectivity index (χ4n) is 4.20. The molecule has 2 heterocycles. The normalized spacial score (nSPS) is 17.7. The van der Waals surface area contributed by atoms with Crippen LogP contribution in [0.2, 0.25) is 0 Å². The Labute approximate surface area is 166 Å². The molecule has 0 spiro atoms. The van der Waals surface area contributed by atoms with Crippen molar-refractivity contribution in [3.63, 3.8) is 0 Å². The van der Waals surface area contributed by atoms with Gasteiger partial charge in [0.15, 0.2) is 0 Å². The summed E-state index contributed by atoms with van der Waals surface area (Å²) in [6, 6.07) is 14.0. The quantitative estimate of drug-likeness (QED) is 0.714. The molecule has 4 rings (SSSR count). The van der Waals surface area contributed by atoms with Gasteiger partial charge in [-0.3, -0.25) is 9.69 Å². The van der Waals surface area contributed by atoms with Gasteiger partial charge >= 0.3 is 0 Å². The number of fused-ring (bicyclic) bond motifs is 1. The monoisotopic (exact) mass is 376 g/mol. The first kappa shape index (κ1) is 18.7. The largest absolute Gasteiger partial charge is 0.352 e. The number of nitrogens with zero attached hydrogens (tertiary/aromatic N) is 3. The molecular formula is C23H28N4O. The van der Waals surface area contributed by atoms with Crippen molar-refractivity contribution in [3.05, 3.63) is 66.2 Å². The van der Waals surface area contributed by atoms with E-state index in [0.717, 1.165) is 61.3 Å². The number of aryl methyl sites for hydroxylation is 1. The van der Waals surface area contributed by atoms with Crippen LogP contribution in [0.25, 0.3) is 10.8 Å². The van der Waals surface area contributed by atoms with Gasteiger partial charge in [-0.15, -0.1) is 0 Å². The van der Waals surface area contributed by atoms with Gasteiger partial charge in [0, 0.05) is 37.6 Å². The second-order valence-electron chi connectivity index (χ2n) is 7.61. The Morgan fingerprint density at radius 1 is 1.21 bits per heavy atom. The summed E-state index contributed by atoms with van der Waals surface area (Å²) in [6.45, 7) is 6.81. The number of carbonyl (C=O) groups excluding carboxylic acids is 1. The lowest BCUT2D eigenvalue weighted by molar-refractivity contribution is 0.0931. The molecule has 0 aliphatic carbocycles. The van der Waals surface area contributed by atoms with Gasteiger partial charge in [0.05, 0.1) is 6.54 Å². The summed E-state index contributed by atoms with van der Waals surface area (Å²) in [5.41, 5.74) is 0.760. The summed E-state index contributed by atoms with van der Waals surface area (Å²) in [5.74, 6) is 1.64. The number of amides is 1. The highest BCUT2D eigenvalue weighted by molar-refractivity contribution is 6.06. The highest BCUT2D eigenvalue weighted by Gasteiger charge is 2.22. The van der Waals surface area contributed by atoms with E-state index in [-0.39, 0.29) is 5.91 Å². The number of imidazole rings is 1. The first-order chi connectivity index (χ1) is 13.7. The van der Waals surface area contributed by atoms with E-state index in [1.54, 1.807) is 0 Å². The van der Waals surface area contributed by atoms with Crippen LogP contribution in [0.1, 0.15) is 35.9 Å². The summed E-state index contributed by atoms with van der Waals surface area (Å²) in [6.07, 6.45) is 6.25. The number of likely N-dealkylation sites (tertiary alicyclic amines) is 1. The van der Waals surface area contributed by atoms with Crippen LogP contribution in [0, 0.1) is 5.92 Å². The smallest absolute Gasteiger partial charge is 0.251 e. The maximum Gasteiger partial charge on any atom is 0.251 e. The Bertz CT molecular complexity index is 943. The molecule has 146 valence electrons. The van der Waals surface area contributed by atoms with E-state index in [2.05, 4.69) is 26.7 Å². The molecule has 1 unspecified atom stereocenters. The molecule has 28 heavy (non-hydrogen) atoms. The van der Waals surface area contributed by atoms with Crippen molar-refractivity contribution in [3.8, 4) is 0 Å². The third-order valence-corrected chi connectivity index (χ3v) is 5.70. The van der Waals surface area contributed by atoms with Gasteiger partial charge in [-0.2, -0.15) is 0 Å². The highest BCUT2D eigenvalue weighted by Crippen LogP contribution is 2.20. The van der Waals surface area contributed by atoms with Crippen molar-refractivity contribution in [2.75, 3.05) is 19.6 Å². The van der Waals surface area contributed by atoms with E-state index in [1.165, 1.54) is 6.42 Å². The molecule has 1 amide bonds. The predicted octanol–water partition coefficient (Wildman–Crippen LogP) is 3.70. The van der Waals surface area contributed by atoms with Crippen LogP contribution < -0.4 is 5.32 Å². The van der Waals surface area contributed by atoms with Gasteiger partial charge in [0.1, 0.15) is 5.82 Å². The van der Waals surface area contributed by atoms with Crippen molar-refractivity contribution in [2.24, 2.45) is 5.92 Å². The van der Waals surface area contributed by atoms with Gasteiger partial charge in [-0.25, -0.2) is 4.98 Å². The molecule has 1 aromatic heterocycles. The van der Waals surface area contributed by atoms with E-state index in [9.17, 15) is 4.79 Å². The molecule has 5 heteroatoms. The molecule has 0 bridgehead atoms. The summed E-state index contributed by atoms with van der Waals surface area (Å²) >= 11 is 0. The summed E-state index contributed by atoms with van der Waals surface area (Å²) in [7, 11) is 0. The summed E-state index contributed by atoms with van der Waals surface area (Å²) in [5, 5.41) is 5.29. The molecule has 1 fully saturated rings. The second-order valence-corrected chi connectivity index (χ2v) is 7.61. The van der Waals surface area contributed by atoms with E-state index in [0.29, 0.717) is 5.92 Å². The average Bonchev–Trinajstić information content (AvgIpc) is 3.19. The van der Waals surface area contributed by atoms with Crippen LogP contribution >= 0.6 is 0 Å². The Kier molecular flexibility index (Phi) is 5.72. The first-order valence-corrected chi connectivity index (χ1v) is 10.2. The number of rotatable bonds is 6. The summed E-state index contributed by atoms with van der Waals surface area (Å²) < 4.78 is 2.20. The van der Waals surface area contributed by atoms with Crippen LogP contribution in [0.15, 0.2) is 54.9 Å². The molecule has 1 aliphatic heterocycles. The number of piperidine rings is 1. The molecule has 5 nitrogen and oxygen atoms in total. The molecule has 0 radical (unpaired) electrons. The van der Waals surface area contributed by atoms with E-state index >= 15 is 0 Å². The number of hydrogen-bond donors (Lipinski definition) is 1. The topological polar surface area (TPSA) is 50.2 Å². The zero-order chi connectivity index (χ0) is 19.3. The van der Waals surface area contributed by atoms with Gasteiger partial charge in [0.25, 0.3) is 5.91 Å². The number of nitrogens with one attached hydrogen (secondary N) is 1. The Morgan fingerprint density at radius 3 is 2.96 bits per heavy atom. The third-order valence-electron chi connectivity index (χ3n) is 5.70. The Morgan fingerprint density at radius 2 is 2.07 bits per heavy atom. The second kappa shape index (κ2) is 8.57. The zero-order valence-corrected chi connectivity index (χ0v) is 16.5. The van der Waals surface area contributed by atoms with Crippen LogP contribution in [0.3, 0.4) is 0 Å². The van der Waals surface area contributed by atoms with Crippen molar-refractivity contribution < 1.29 is 4.79 Å². The number of carbonyl (C=O) groups is 1. The minimum absolute atomic E-state index is 0.0236. The predicted molar refractivity (Wildman–Crippen MR) is 112 cm³/mol. The van der Waals surface area contributed by atoms with E-state index in [1.807, 2.05) is 54.9 Å². The van der Waals surface area contributed by atoms with Gasteiger partial charge < -0.3 is 9.88 Å². The average molecular weight is 377 g/mol. The molecule has 2 aromatic carbocycles. The van der Waals surface area contributed by atoms with Crippen LogP contribution in [0.5, 0.6) is 0 Å². The van der Waals surface area contributed by atoms with E-state index in [4.69, 9.17) is 0 Å².